The van der Waals surface area contributed by atoms with Crippen LogP contribution in [0.25, 0.3) is 71.7 Å². The molecule has 0 amide bonds. The third kappa shape index (κ3) is 3.11. The summed E-state index contributed by atoms with van der Waals surface area (Å²) in [5.41, 5.74) is 12.9. The van der Waals surface area contributed by atoms with Crippen LogP contribution in [-0.4, -0.2) is 14.5 Å². The quantitative estimate of drug-likeness (QED) is 0.205. The van der Waals surface area contributed by atoms with Gasteiger partial charge in [-0.2, -0.15) is 0 Å². The summed E-state index contributed by atoms with van der Waals surface area (Å²) in [5.74, 6) is 0. The predicted octanol–water partition coefficient (Wildman–Crippen LogP) is 9.85. The van der Waals surface area contributed by atoms with Gasteiger partial charge in [0.25, 0.3) is 0 Å². The lowest BCUT2D eigenvalue weighted by Crippen LogP contribution is -2.14. The minimum Gasteiger partial charge on any atom is -0.309 e. The number of pyridine rings is 2. The average Bonchev–Trinajstić information content (AvgIpc) is 3.50. The van der Waals surface area contributed by atoms with Crippen LogP contribution in [-0.2, 0) is 5.41 Å². The number of rotatable bonds is 2. The van der Waals surface area contributed by atoms with E-state index in [-0.39, 0.29) is 5.41 Å². The molecule has 0 unspecified atom stereocenters. The SMILES string of the molecule is CC1(C)c2ccccc2-c2c1ccc1c3ccccc3n(-c3cccc(-c4ccc5ccc6cccnc6c5n4)c3)c21. The first kappa shape index (κ1) is 23.4. The lowest BCUT2D eigenvalue weighted by Gasteiger charge is -2.21. The molecule has 0 bridgehead atoms. The highest BCUT2D eigenvalue weighted by molar-refractivity contribution is 6.15. The average molecular weight is 538 g/mol. The molecular weight excluding hydrogens is 510 g/mol. The Hall–Kier alpha value is -5.28. The van der Waals surface area contributed by atoms with E-state index in [1.54, 1.807) is 0 Å². The molecule has 0 atom stereocenters. The maximum absolute atomic E-state index is 5.16. The maximum Gasteiger partial charge on any atom is 0.0972 e. The summed E-state index contributed by atoms with van der Waals surface area (Å²) < 4.78 is 2.46. The van der Waals surface area contributed by atoms with Gasteiger partial charge in [-0.15, -0.1) is 0 Å². The molecule has 0 aliphatic heterocycles. The number of hydrogen-bond donors (Lipinski definition) is 0. The highest BCUT2D eigenvalue weighted by Crippen LogP contribution is 2.52. The van der Waals surface area contributed by atoms with Crippen molar-refractivity contribution in [2.45, 2.75) is 19.3 Å². The zero-order valence-electron chi connectivity index (χ0n) is 23.5. The summed E-state index contributed by atoms with van der Waals surface area (Å²) >= 11 is 0. The normalized spacial score (nSPS) is 13.7. The fourth-order valence-electron chi connectivity index (χ4n) is 7.20. The highest BCUT2D eigenvalue weighted by Gasteiger charge is 2.37. The zero-order chi connectivity index (χ0) is 28.0. The van der Waals surface area contributed by atoms with Gasteiger partial charge >= 0.3 is 0 Å². The summed E-state index contributed by atoms with van der Waals surface area (Å²) in [6, 6.07) is 43.8. The Labute approximate surface area is 243 Å². The Kier molecular flexibility index (Phi) is 4.67. The second-order valence-electron chi connectivity index (χ2n) is 11.9. The summed E-state index contributed by atoms with van der Waals surface area (Å²) in [6.45, 7) is 4.70. The second-order valence-corrected chi connectivity index (χ2v) is 11.9. The van der Waals surface area contributed by atoms with Gasteiger partial charge in [-0.25, -0.2) is 4.98 Å². The van der Waals surface area contributed by atoms with Gasteiger partial charge in [0.1, 0.15) is 0 Å². The van der Waals surface area contributed by atoms with Crippen molar-refractivity contribution < 1.29 is 0 Å². The van der Waals surface area contributed by atoms with Crippen LogP contribution >= 0.6 is 0 Å². The van der Waals surface area contributed by atoms with Crippen molar-refractivity contribution in [1.82, 2.24) is 14.5 Å². The molecule has 0 fully saturated rings. The molecule has 8 aromatic rings. The molecular formula is C39H27N3. The predicted molar refractivity (Wildman–Crippen MR) is 174 cm³/mol. The van der Waals surface area contributed by atoms with E-state index in [4.69, 9.17) is 4.98 Å². The van der Waals surface area contributed by atoms with Crippen LogP contribution in [0.15, 0.2) is 128 Å². The van der Waals surface area contributed by atoms with Gasteiger partial charge in [0.15, 0.2) is 0 Å². The highest BCUT2D eigenvalue weighted by atomic mass is 15.0. The van der Waals surface area contributed by atoms with E-state index in [9.17, 15) is 0 Å². The van der Waals surface area contributed by atoms with E-state index in [0.717, 1.165) is 38.8 Å². The molecule has 0 N–H and O–H groups in total. The molecule has 3 aromatic heterocycles. The van der Waals surface area contributed by atoms with E-state index in [2.05, 4.69) is 139 Å². The minimum atomic E-state index is -0.0604. The Balaban J connectivity index is 1.33. The van der Waals surface area contributed by atoms with Crippen molar-refractivity contribution in [2.75, 3.05) is 0 Å². The fourth-order valence-corrected chi connectivity index (χ4v) is 7.20. The molecule has 0 saturated carbocycles. The molecule has 0 saturated heterocycles. The van der Waals surface area contributed by atoms with Crippen LogP contribution in [0.3, 0.4) is 0 Å². The third-order valence-corrected chi connectivity index (χ3v) is 9.21. The standard InChI is InChI=1S/C39H27N3/c1-39(2)31-14-5-3-13-30(31)35-32(39)20-19-29-28-12-4-6-15-34(28)42(38(29)35)27-11-7-9-26(23-27)33-21-18-25-17-16-24-10-8-22-40-36(24)37(25)41-33/h3-23H,1-2H3. The summed E-state index contributed by atoms with van der Waals surface area (Å²) in [6.07, 6.45) is 1.84. The largest absolute Gasteiger partial charge is 0.309 e. The first-order valence-electron chi connectivity index (χ1n) is 14.5. The van der Waals surface area contributed by atoms with E-state index >= 15 is 0 Å². The lowest BCUT2D eigenvalue weighted by molar-refractivity contribution is 0.661. The first-order valence-corrected chi connectivity index (χ1v) is 14.5. The van der Waals surface area contributed by atoms with Gasteiger partial charge in [0.05, 0.1) is 27.8 Å². The minimum absolute atomic E-state index is 0.0604. The molecule has 3 heterocycles. The van der Waals surface area contributed by atoms with Crippen molar-refractivity contribution in [3.05, 3.63) is 139 Å². The number of aromatic nitrogens is 3. The van der Waals surface area contributed by atoms with Crippen LogP contribution in [0.2, 0.25) is 0 Å². The van der Waals surface area contributed by atoms with Crippen LogP contribution in [0.4, 0.5) is 0 Å². The van der Waals surface area contributed by atoms with Crippen molar-refractivity contribution in [3.8, 4) is 28.1 Å². The number of fused-ring (bicyclic) bond motifs is 10. The van der Waals surface area contributed by atoms with Gasteiger partial charge in [-0.1, -0.05) is 105 Å². The van der Waals surface area contributed by atoms with Gasteiger partial charge in [-0.05, 0) is 47.0 Å². The van der Waals surface area contributed by atoms with Crippen LogP contribution < -0.4 is 0 Å². The maximum atomic E-state index is 5.16. The molecule has 3 heteroatoms. The van der Waals surface area contributed by atoms with E-state index in [0.29, 0.717) is 0 Å². The third-order valence-electron chi connectivity index (χ3n) is 9.21. The molecule has 3 nitrogen and oxygen atoms in total. The van der Waals surface area contributed by atoms with Crippen molar-refractivity contribution in [1.29, 1.82) is 0 Å². The Morgan fingerprint density at radius 1 is 0.619 bits per heavy atom. The number of para-hydroxylation sites is 1. The Morgan fingerprint density at radius 2 is 1.43 bits per heavy atom. The molecule has 1 aliphatic rings. The number of benzene rings is 5. The van der Waals surface area contributed by atoms with Gasteiger partial charge in [0, 0.05) is 50.0 Å². The zero-order valence-corrected chi connectivity index (χ0v) is 23.5. The summed E-state index contributed by atoms with van der Waals surface area (Å²) in [5, 5.41) is 4.75. The van der Waals surface area contributed by atoms with Crippen molar-refractivity contribution >= 4 is 43.6 Å². The van der Waals surface area contributed by atoms with Gasteiger partial charge < -0.3 is 4.57 Å². The van der Waals surface area contributed by atoms with Crippen LogP contribution in [0.5, 0.6) is 0 Å². The smallest absolute Gasteiger partial charge is 0.0972 e. The van der Waals surface area contributed by atoms with Crippen LogP contribution in [0, 0.1) is 0 Å². The second kappa shape index (κ2) is 8.37. The number of hydrogen-bond acceptors (Lipinski definition) is 2. The van der Waals surface area contributed by atoms with Crippen LogP contribution in [0.1, 0.15) is 25.0 Å². The Morgan fingerprint density at radius 3 is 2.36 bits per heavy atom. The van der Waals surface area contributed by atoms with Crippen molar-refractivity contribution in [2.24, 2.45) is 0 Å². The molecule has 1 aliphatic carbocycles. The monoisotopic (exact) mass is 537 g/mol. The molecule has 9 rings (SSSR count). The summed E-state index contributed by atoms with van der Waals surface area (Å²) in [4.78, 5) is 9.82. The number of nitrogens with zero attached hydrogens (tertiary/aromatic N) is 3. The Bertz CT molecular complexity index is 2390. The van der Waals surface area contributed by atoms with Gasteiger partial charge in [-0.3, -0.25) is 4.98 Å². The first-order chi connectivity index (χ1) is 20.6. The van der Waals surface area contributed by atoms with Crippen molar-refractivity contribution in [3.63, 3.8) is 0 Å². The fraction of sp³-hybridized carbons (Fsp3) is 0.0769. The van der Waals surface area contributed by atoms with Gasteiger partial charge in [0.2, 0.25) is 0 Å². The molecule has 0 spiro atoms. The molecule has 198 valence electrons. The van der Waals surface area contributed by atoms with E-state index in [1.165, 1.54) is 44.1 Å². The van der Waals surface area contributed by atoms with E-state index < -0.39 is 0 Å². The summed E-state index contributed by atoms with van der Waals surface area (Å²) in [7, 11) is 0. The molecule has 5 aromatic carbocycles. The lowest BCUT2D eigenvalue weighted by atomic mass is 9.82. The topological polar surface area (TPSA) is 30.7 Å². The molecule has 42 heavy (non-hydrogen) atoms. The molecule has 0 radical (unpaired) electrons. The van der Waals surface area contributed by atoms with E-state index in [1.807, 2.05) is 12.3 Å².